The zero-order valence-electron chi connectivity index (χ0n) is 50.0. The van der Waals surface area contributed by atoms with Gasteiger partial charge in [-0.3, -0.25) is 14.4 Å². The number of unbranched alkanes of at least 4 members (excludes halogenated alkanes) is 31. The third-order valence-corrected chi connectivity index (χ3v) is 13.8. The zero-order chi connectivity index (χ0) is 55.0. The summed E-state index contributed by atoms with van der Waals surface area (Å²) in [6.07, 6.45) is 85.5. The predicted octanol–water partition coefficient (Wildman–Crippen LogP) is 22.0. The first-order chi connectivity index (χ1) is 37.5. The average molecular weight is 1060 g/mol. The number of carbonyl (C=O) groups excluding carboxylic acids is 3. The summed E-state index contributed by atoms with van der Waals surface area (Å²) in [5.74, 6) is -0.903. The lowest BCUT2D eigenvalue weighted by atomic mass is 10.1. The molecule has 0 aromatic rings. The van der Waals surface area contributed by atoms with E-state index in [-0.39, 0.29) is 31.1 Å². The van der Waals surface area contributed by atoms with Gasteiger partial charge in [-0.2, -0.15) is 0 Å². The summed E-state index contributed by atoms with van der Waals surface area (Å²) in [4.78, 5) is 38.3. The Bertz CT molecular complexity index is 1490. The Morgan fingerprint density at radius 3 is 0.816 bits per heavy atom. The molecular formula is C70H120O6. The highest BCUT2D eigenvalue weighted by Gasteiger charge is 2.19. The van der Waals surface area contributed by atoms with Crippen LogP contribution in [0.25, 0.3) is 0 Å². The number of allylic oxidation sites excluding steroid dienone is 16. The van der Waals surface area contributed by atoms with Gasteiger partial charge in [0.15, 0.2) is 6.10 Å². The number of ether oxygens (including phenoxy) is 3. The van der Waals surface area contributed by atoms with Crippen LogP contribution in [0.1, 0.15) is 310 Å². The third-order valence-electron chi connectivity index (χ3n) is 13.8. The predicted molar refractivity (Wildman–Crippen MR) is 330 cm³/mol. The Kier molecular flexibility index (Phi) is 60.8. The Morgan fingerprint density at radius 2 is 0.513 bits per heavy atom. The quantitative estimate of drug-likeness (QED) is 0.0261. The van der Waals surface area contributed by atoms with Crippen molar-refractivity contribution < 1.29 is 28.6 Å². The first kappa shape index (κ1) is 72.3. The lowest BCUT2D eigenvalue weighted by Crippen LogP contribution is -2.30. The molecule has 1 unspecified atom stereocenters. The van der Waals surface area contributed by atoms with Gasteiger partial charge >= 0.3 is 17.9 Å². The van der Waals surface area contributed by atoms with Crippen LogP contribution >= 0.6 is 0 Å². The van der Waals surface area contributed by atoms with E-state index in [4.69, 9.17) is 14.2 Å². The van der Waals surface area contributed by atoms with Crippen molar-refractivity contribution >= 4 is 17.9 Å². The first-order valence-corrected chi connectivity index (χ1v) is 32.2. The van der Waals surface area contributed by atoms with Crippen LogP contribution in [0.2, 0.25) is 0 Å². The van der Waals surface area contributed by atoms with Gasteiger partial charge in [-0.25, -0.2) is 0 Å². The molecule has 0 saturated carbocycles. The molecule has 0 bridgehead atoms. The molecule has 0 radical (unpaired) electrons. The van der Waals surface area contributed by atoms with E-state index >= 15 is 0 Å². The molecule has 0 rings (SSSR count). The van der Waals surface area contributed by atoms with Gasteiger partial charge in [0, 0.05) is 19.3 Å². The second kappa shape index (κ2) is 63.9. The van der Waals surface area contributed by atoms with Crippen LogP contribution < -0.4 is 0 Å². The van der Waals surface area contributed by atoms with Crippen molar-refractivity contribution in [3.63, 3.8) is 0 Å². The number of esters is 3. The average Bonchev–Trinajstić information content (AvgIpc) is 3.42. The molecule has 0 amide bonds. The maximum atomic E-state index is 12.9. The minimum absolute atomic E-state index is 0.0873. The normalized spacial score (nSPS) is 12.7. The lowest BCUT2D eigenvalue weighted by Gasteiger charge is -2.18. The molecule has 6 heteroatoms. The van der Waals surface area contributed by atoms with Crippen LogP contribution in [0.5, 0.6) is 0 Å². The molecule has 6 nitrogen and oxygen atoms in total. The summed E-state index contributed by atoms with van der Waals surface area (Å²) in [6.45, 7) is 6.51. The molecule has 76 heavy (non-hydrogen) atoms. The van der Waals surface area contributed by atoms with Gasteiger partial charge in [-0.05, 0) is 122 Å². The van der Waals surface area contributed by atoms with Gasteiger partial charge in [-0.15, -0.1) is 0 Å². The van der Waals surface area contributed by atoms with Gasteiger partial charge in [0.1, 0.15) is 13.2 Å². The molecule has 1 atom stereocenters. The minimum Gasteiger partial charge on any atom is -0.462 e. The van der Waals surface area contributed by atoms with Crippen molar-refractivity contribution in [2.75, 3.05) is 13.2 Å². The van der Waals surface area contributed by atoms with E-state index in [2.05, 4.69) is 118 Å². The first-order valence-electron chi connectivity index (χ1n) is 32.2. The Balaban J connectivity index is 4.39. The van der Waals surface area contributed by atoms with E-state index < -0.39 is 6.10 Å². The molecule has 0 aliphatic rings. The van der Waals surface area contributed by atoms with Crippen LogP contribution in [0.4, 0.5) is 0 Å². The molecule has 0 aliphatic carbocycles. The highest BCUT2D eigenvalue weighted by Crippen LogP contribution is 2.16. The smallest absolute Gasteiger partial charge is 0.306 e. The van der Waals surface area contributed by atoms with Crippen LogP contribution in [0, 0.1) is 0 Å². The van der Waals surface area contributed by atoms with Gasteiger partial charge < -0.3 is 14.2 Å². The molecule has 0 spiro atoms. The van der Waals surface area contributed by atoms with Crippen molar-refractivity contribution in [3.8, 4) is 0 Å². The highest BCUT2D eigenvalue weighted by atomic mass is 16.6. The molecule has 0 N–H and O–H groups in total. The summed E-state index contributed by atoms with van der Waals surface area (Å²) in [5, 5.41) is 0. The fourth-order valence-electron chi connectivity index (χ4n) is 8.97. The van der Waals surface area contributed by atoms with E-state index in [1.807, 2.05) is 0 Å². The Hall–Kier alpha value is -3.67. The molecule has 0 aliphatic heterocycles. The summed E-state index contributed by atoms with van der Waals surface area (Å²) >= 11 is 0. The van der Waals surface area contributed by atoms with E-state index in [1.165, 1.54) is 154 Å². The summed E-state index contributed by atoms with van der Waals surface area (Å²) in [7, 11) is 0. The van der Waals surface area contributed by atoms with E-state index in [0.29, 0.717) is 19.3 Å². The maximum Gasteiger partial charge on any atom is 0.306 e. The maximum absolute atomic E-state index is 12.9. The van der Waals surface area contributed by atoms with Gasteiger partial charge in [-0.1, -0.05) is 266 Å². The van der Waals surface area contributed by atoms with E-state index in [9.17, 15) is 14.4 Å². The van der Waals surface area contributed by atoms with Crippen molar-refractivity contribution in [2.45, 2.75) is 316 Å². The molecule has 0 aromatic carbocycles. The minimum atomic E-state index is -0.792. The van der Waals surface area contributed by atoms with Crippen LogP contribution in [0.3, 0.4) is 0 Å². The number of rotatable bonds is 58. The van der Waals surface area contributed by atoms with Crippen LogP contribution in [-0.4, -0.2) is 37.2 Å². The lowest BCUT2D eigenvalue weighted by molar-refractivity contribution is -0.167. The zero-order valence-corrected chi connectivity index (χ0v) is 50.0. The second-order valence-electron chi connectivity index (χ2n) is 21.3. The van der Waals surface area contributed by atoms with Crippen molar-refractivity contribution in [1.29, 1.82) is 0 Å². The summed E-state index contributed by atoms with van der Waals surface area (Å²) in [5.41, 5.74) is 0. The van der Waals surface area contributed by atoms with Gasteiger partial charge in [0.2, 0.25) is 0 Å². The van der Waals surface area contributed by atoms with Crippen molar-refractivity contribution in [3.05, 3.63) is 97.2 Å². The number of carbonyl (C=O) groups is 3. The highest BCUT2D eigenvalue weighted by molar-refractivity contribution is 5.71. The summed E-state index contributed by atoms with van der Waals surface area (Å²) < 4.78 is 16.9. The molecule has 0 fully saturated rings. The van der Waals surface area contributed by atoms with E-state index in [1.54, 1.807) is 0 Å². The monoisotopic (exact) mass is 1060 g/mol. The fraction of sp³-hybridized carbons (Fsp3) is 0.729. The number of hydrogen-bond donors (Lipinski definition) is 0. The topological polar surface area (TPSA) is 78.9 Å². The van der Waals surface area contributed by atoms with Crippen LogP contribution in [-0.2, 0) is 28.6 Å². The SMILES string of the molecule is CC/C=C\C/C=C\C/C=C\C/C=C\CCCCCCCCCCCCC(=O)OCC(COC(=O)CCCCCCC/C=C\CCCCCCC)OC(=O)CCCCCCCC/C=C\C/C=C\C/C=C\CCCCCCC. The largest absolute Gasteiger partial charge is 0.462 e. The van der Waals surface area contributed by atoms with Crippen LogP contribution in [0.15, 0.2) is 97.2 Å². The molecular weight excluding hydrogens is 937 g/mol. The molecule has 436 valence electrons. The Morgan fingerprint density at radius 1 is 0.276 bits per heavy atom. The fourth-order valence-corrected chi connectivity index (χ4v) is 8.97. The van der Waals surface area contributed by atoms with Crippen molar-refractivity contribution in [1.82, 2.24) is 0 Å². The molecule has 0 heterocycles. The standard InChI is InChI=1S/C70H120O6/c1-4-7-10-13-16-19-22-25-28-30-32-34-35-37-38-40-42-45-48-51-54-57-60-63-69(72)75-66-67(65-74-68(71)62-59-56-53-50-47-44-27-24-21-18-15-12-9-6-3)76-70(73)64-61-58-55-52-49-46-43-41-39-36-33-31-29-26-23-20-17-14-11-8-5-2/h7,10,16,19,23-28,31-34,39,41,67H,4-6,8-9,11-15,17-18,20-22,29-30,35-38,40,42-66H2,1-3H3/b10-7-,19-16-,26-23-,27-24-,28-25-,33-31-,34-32-,41-39-. The van der Waals surface area contributed by atoms with Crippen molar-refractivity contribution in [2.24, 2.45) is 0 Å². The second-order valence-corrected chi connectivity index (χ2v) is 21.3. The molecule has 0 saturated heterocycles. The Labute approximate surface area is 470 Å². The molecule has 0 aromatic heterocycles. The summed E-state index contributed by atoms with van der Waals surface area (Å²) in [6, 6.07) is 0. The number of hydrogen-bond acceptors (Lipinski definition) is 6. The van der Waals surface area contributed by atoms with Gasteiger partial charge in [0.25, 0.3) is 0 Å². The third kappa shape index (κ3) is 61.2. The van der Waals surface area contributed by atoms with Gasteiger partial charge in [0.05, 0.1) is 0 Å². The van der Waals surface area contributed by atoms with E-state index in [0.717, 1.165) is 116 Å².